The summed E-state index contributed by atoms with van der Waals surface area (Å²) in [5.74, 6) is 1.06. The molecule has 5 heteroatoms. The first-order valence-corrected chi connectivity index (χ1v) is 10.1. The highest BCUT2D eigenvalue weighted by molar-refractivity contribution is 5.97. The summed E-state index contributed by atoms with van der Waals surface area (Å²) in [6, 6.07) is 24.7. The number of anilines is 2. The van der Waals surface area contributed by atoms with Gasteiger partial charge in [0.1, 0.15) is 5.75 Å². The zero-order valence-corrected chi connectivity index (χ0v) is 16.9. The Morgan fingerprint density at radius 1 is 1.00 bits per heavy atom. The fourth-order valence-electron chi connectivity index (χ4n) is 3.68. The number of hydrogen-bond donors (Lipinski definition) is 1. The van der Waals surface area contributed by atoms with Crippen LogP contribution in [0.15, 0.2) is 78.9 Å². The number of para-hydroxylation sites is 4. The average Bonchev–Trinajstić information content (AvgIpc) is 2.78. The fourth-order valence-corrected chi connectivity index (χ4v) is 3.68. The number of amides is 2. The average molecular weight is 400 g/mol. The summed E-state index contributed by atoms with van der Waals surface area (Å²) in [5, 5.41) is 2.95. The molecule has 1 aliphatic heterocycles. The monoisotopic (exact) mass is 400 g/mol. The molecular weight excluding hydrogens is 376 g/mol. The van der Waals surface area contributed by atoms with Crippen molar-refractivity contribution in [3.8, 4) is 11.5 Å². The Hall–Kier alpha value is -3.60. The molecule has 0 fully saturated rings. The van der Waals surface area contributed by atoms with Crippen LogP contribution in [-0.4, -0.2) is 18.9 Å². The van der Waals surface area contributed by atoms with Gasteiger partial charge in [-0.15, -0.1) is 0 Å². The summed E-state index contributed by atoms with van der Waals surface area (Å²) >= 11 is 0. The number of fused-ring (bicyclic) bond motifs is 1. The second-order valence-corrected chi connectivity index (χ2v) is 7.42. The number of hydrogen-bond acceptors (Lipinski definition) is 3. The van der Waals surface area contributed by atoms with E-state index in [1.165, 1.54) is 0 Å². The standard InChI is InChI=1S/C25H24N2O3/c1-27(22-13-7-8-14-23(22)30-20-10-3-2-4-11-20)24(28)16-15-19-17-18-9-5-6-12-21(18)26-25(19)29/h2-14,19H,15-17H2,1H3,(H,26,29). The molecule has 1 unspecified atom stereocenters. The second-order valence-electron chi connectivity index (χ2n) is 7.42. The number of ether oxygens (including phenoxy) is 1. The normalized spacial score (nSPS) is 15.1. The minimum absolute atomic E-state index is 0.0167. The van der Waals surface area contributed by atoms with Gasteiger partial charge < -0.3 is 15.0 Å². The molecule has 1 heterocycles. The van der Waals surface area contributed by atoms with Crippen molar-refractivity contribution in [2.45, 2.75) is 19.3 Å². The zero-order valence-electron chi connectivity index (χ0n) is 16.9. The first-order chi connectivity index (χ1) is 14.6. The minimum atomic E-state index is -0.201. The Morgan fingerprint density at radius 2 is 1.70 bits per heavy atom. The van der Waals surface area contributed by atoms with Crippen LogP contribution in [-0.2, 0) is 16.0 Å². The molecule has 5 nitrogen and oxygen atoms in total. The van der Waals surface area contributed by atoms with Crippen molar-refractivity contribution in [2.75, 3.05) is 17.3 Å². The van der Waals surface area contributed by atoms with Crippen LogP contribution in [0.25, 0.3) is 0 Å². The number of nitrogens with zero attached hydrogens (tertiary/aromatic N) is 1. The van der Waals surface area contributed by atoms with Gasteiger partial charge in [-0.25, -0.2) is 0 Å². The van der Waals surface area contributed by atoms with Crippen LogP contribution in [0, 0.1) is 5.92 Å². The molecule has 0 saturated heterocycles. The molecule has 152 valence electrons. The molecule has 0 saturated carbocycles. The van der Waals surface area contributed by atoms with Crippen LogP contribution in [0.1, 0.15) is 18.4 Å². The molecule has 0 radical (unpaired) electrons. The highest BCUT2D eigenvalue weighted by Gasteiger charge is 2.27. The van der Waals surface area contributed by atoms with Gasteiger partial charge in [0.2, 0.25) is 11.8 Å². The Morgan fingerprint density at radius 3 is 2.53 bits per heavy atom. The van der Waals surface area contributed by atoms with Crippen LogP contribution in [0.3, 0.4) is 0 Å². The largest absolute Gasteiger partial charge is 0.455 e. The van der Waals surface area contributed by atoms with Crippen molar-refractivity contribution in [2.24, 2.45) is 5.92 Å². The lowest BCUT2D eigenvalue weighted by Crippen LogP contribution is -2.32. The smallest absolute Gasteiger partial charge is 0.227 e. The van der Waals surface area contributed by atoms with Gasteiger partial charge >= 0.3 is 0 Å². The number of carbonyl (C=O) groups is 2. The molecule has 3 aromatic carbocycles. The molecule has 1 aliphatic rings. The number of benzene rings is 3. The summed E-state index contributed by atoms with van der Waals surface area (Å²) < 4.78 is 5.97. The van der Waals surface area contributed by atoms with Gasteiger partial charge in [-0.1, -0.05) is 48.5 Å². The van der Waals surface area contributed by atoms with Crippen molar-refractivity contribution in [3.63, 3.8) is 0 Å². The molecule has 2 amide bonds. The first kappa shape index (κ1) is 19.7. The SMILES string of the molecule is CN(C(=O)CCC1Cc2ccccc2NC1=O)c1ccccc1Oc1ccccc1. The molecule has 0 bridgehead atoms. The van der Waals surface area contributed by atoms with Gasteiger partial charge in [0.25, 0.3) is 0 Å². The minimum Gasteiger partial charge on any atom is -0.455 e. The maximum atomic E-state index is 12.9. The lowest BCUT2D eigenvalue weighted by molar-refractivity contribution is -0.121. The van der Waals surface area contributed by atoms with Crippen LogP contribution in [0.5, 0.6) is 11.5 Å². The van der Waals surface area contributed by atoms with E-state index in [0.29, 0.717) is 30.0 Å². The van der Waals surface area contributed by atoms with Gasteiger partial charge in [0.15, 0.2) is 5.75 Å². The highest BCUT2D eigenvalue weighted by atomic mass is 16.5. The predicted molar refractivity (Wildman–Crippen MR) is 118 cm³/mol. The molecule has 4 rings (SSSR count). The van der Waals surface area contributed by atoms with E-state index in [9.17, 15) is 9.59 Å². The molecular formula is C25H24N2O3. The van der Waals surface area contributed by atoms with Crippen LogP contribution >= 0.6 is 0 Å². The number of rotatable bonds is 6. The Balaban J connectivity index is 1.42. The quantitative estimate of drug-likeness (QED) is 0.631. The molecule has 0 aromatic heterocycles. The molecule has 30 heavy (non-hydrogen) atoms. The summed E-state index contributed by atoms with van der Waals surface area (Å²) in [4.78, 5) is 26.9. The zero-order chi connectivity index (χ0) is 20.9. The maximum absolute atomic E-state index is 12.9. The van der Waals surface area contributed by atoms with Crippen molar-refractivity contribution in [3.05, 3.63) is 84.4 Å². The Kier molecular flexibility index (Phi) is 5.80. The van der Waals surface area contributed by atoms with Gasteiger partial charge in [-0.2, -0.15) is 0 Å². The topological polar surface area (TPSA) is 58.6 Å². The van der Waals surface area contributed by atoms with E-state index in [-0.39, 0.29) is 24.2 Å². The molecule has 0 spiro atoms. The molecule has 0 aliphatic carbocycles. The first-order valence-electron chi connectivity index (χ1n) is 10.1. The lowest BCUT2D eigenvalue weighted by atomic mass is 9.89. The molecule has 1 atom stereocenters. The summed E-state index contributed by atoms with van der Waals surface area (Å²) in [6.45, 7) is 0. The van der Waals surface area contributed by atoms with Crippen LogP contribution < -0.4 is 15.0 Å². The summed E-state index contributed by atoms with van der Waals surface area (Å²) in [6.07, 6.45) is 1.45. The van der Waals surface area contributed by atoms with E-state index < -0.39 is 0 Å². The van der Waals surface area contributed by atoms with Crippen molar-refractivity contribution in [1.29, 1.82) is 0 Å². The van der Waals surface area contributed by atoms with E-state index in [4.69, 9.17) is 4.74 Å². The third-order valence-electron chi connectivity index (χ3n) is 5.39. The van der Waals surface area contributed by atoms with Crippen molar-refractivity contribution in [1.82, 2.24) is 0 Å². The molecule has 1 N–H and O–H groups in total. The van der Waals surface area contributed by atoms with E-state index in [0.717, 1.165) is 11.3 Å². The van der Waals surface area contributed by atoms with Crippen LogP contribution in [0.2, 0.25) is 0 Å². The van der Waals surface area contributed by atoms with Gasteiger partial charge in [-0.3, -0.25) is 9.59 Å². The summed E-state index contributed by atoms with van der Waals surface area (Å²) in [7, 11) is 1.74. The molecule has 3 aromatic rings. The van der Waals surface area contributed by atoms with E-state index in [1.54, 1.807) is 11.9 Å². The van der Waals surface area contributed by atoms with Gasteiger partial charge in [-0.05, 0) is 48.7 Å². The van der Waals surface area contributed by atoms with Gasteiger partial charge in [0, 0.05) is 25.1 Å². The van der Waals surface area contributed by atoms with Gasteiger partial charge in [0.05, 0.1) is 5.69 Å². The number of carbonyl (C=O) groups excluding carboxylic acids is 2. The van der Waals surface area contributed by atoms with E-state index in [1.807, 2.05) is 78.9 Å². The lowest BCUT2D eigenvalue weighted by Gasteiger charge is -2.25. The maximum Gasteiger partial charge on any atom is 0.227 e. The van der Waals surface area contributed by atoms with E-state index >= 15 is 0 Å². The summed E-state index contributed by atoms with van der Waals surface area (Å²) in [5.41, 5.74) is 2.68. The highest BCUT2D eigenvalue weighted by Crippen LogP contribution is 2.32. The number of nitrogens with one attached hydrogen (secondary N) is 1. The third-order valence-corrected chi connectivity index (χ3v) is 5.39. The van der Waals surface area contributed by atoms with Crippen LogP contribution in [0.4, 0.5) is 11.4 Å². The third kappa shape index (κ3) is 4.35. The van der Waals surface area contributed by atoms with Crippen molar-refractivity contribution >= 4 is 23.2 Å². The Labute approximate surface area is 176 Å². The van der Waals surface area contributed by atoms with Crippen molar-refractivity contribution < 1.29 is 14.3 Å². The Bertz CT molecular complexity index is 1050. The second kappa shape index (κ2) is 8.82. The van der Waals surface area contributed by atoms with E-state index in [2.05, 4.69) is 5.32 Å². The predicted octanol–water partition coefficient (Wildman–Crippen LogP) is 5.03. The fraction of sp³-hybridized carbons (Fsp3) is 0.200.